The molecule has 8 heteroatoms. The summed E-state index contributed by atoms with van der Waals surface area (Å²) in [7, 11) is 4.60. The number of ether oxygens (including phenoxy) is 6. The molecule has 0 heterocycles. The zero-order valence-corrected chi connectivity index (χ0v) is 18.0. The lowest BCUT2D eigenvalue weighted by Gasteiger charge is -2.29. The van der Waals surface area contributed by atoms with E-state index in [0.29, 0.717) is 43.4 Å². The molecule has 0 aliphatic heterocycles. The van der Waals surface area contributed by atoms with E-state index in [2.05, 4.69) is 0 Å². The van der Waals surface area contributed by atoms with Crippen molar-refractivity contribution in [3.8, 4) is 5.75 Å². The summed E-state index contributed by atoms with van der Waals surface area (Å²) in [6.07, 6.45) is 2.07. The van der Waals surface area contributed by atoms with Crippen molar-refractivity contribution >= 4 is 11.8 Å². The summed E-state index contributed by atoms with van der Waals surface area (Å²) in [5.74, 6) is 0.286. The number of ketones is 1. The quantitative estimate of drug-likeness (QED) is 0.441. The fourth-order valence-corrected chi connectivity index (χ4v) is 3.40. The van der Waals surface area contributed by atoms with Crippen LogP contribution in [0.25, 0.3) is 0 Å². The van der Waals surface area contributed by atoms with Gasteiger partial charge in [-0.2, -0.15) is 0 Å². The van der Waals surface area contributed by atoms with Gasteiger partial charge < -0.3 is 28.4 Å². The zero-order valence-electron chi connectivity index (χ0n) is 18.0. The molecule has 8 nitrogen and oxygen atoms in total. The molecule has 0 radical (unpaired) electrons. The Bertz CT molecular complexity index is 645. The van der Waals surface area contributed by atoms with Crippen molar-refractivity contribution in [1.29, 1.82) is 0 Å². The number of rotatable bonds is 9. The molecule has 30 heavy (non-hydrogen) atoms. The summed E-state index contributed by atoms with van der Waals surface area (Å²) >= 11 is 0. The molecule has 0 saturated heterocycles. The van der Waals surface area contributed by atoms with E-state index in [-0.39, 0.29) is 31.4 Å². The highest BCUT2D eigenvalue weighted by molar-refractivity contribution is 5.89. The molecule has 1 aliphatic rings. The van der Waals surface area contributed by atoms with Crippen LogP contribution in [0.3, 0.4) is 0 Å². The van der Waals surface area contributed by atoms with Gasteiger partial charge in [0.25, 0.3) is 0 Å². The first kappa shape index (κ1) is 24.3. The third kappa shape index (κ3) is 7.68. The molecule has 0 bridgehead atoms. The maximum atomic E-state index is 12.6. The molecule has 3 atom stereocenters. The molecule has 0 spiro atoms. The molecule has 1 aromatic carbocycles. The predicted molar refractivity (Wildman–Crippen MR) is 108 cm³/mol. The molecule has 1 aromatic rings. The van der Waals surface area contributed by atoms with Crippen molar-refractivity contribution in [1.82, 2.24) is 0 Å². The van der Waals surface area contributed by atoms with Crippen molar-refractivity contribution in [2.24, 2.45) is 0 Å². The van der Waals surface area contributed by atoms with Crippen molar-refractivity contribution in [2.75, 3.05) is 34.9 Å². The number of Topliss-reactive ketones (excluding diaryl/α,β-unsaturated/α-hetero) is 1. The van der Waals surface area contributed by atoms with Gasteiger partial charge in [-0.1, -0.05) is 0 Å². The van der Waals surface area contributed by atoms with Crippen LogP contribution < -0.4 is 4.74 Å². The standard InChI is InChI=1S/C22H32O8/c1-25-14-28-20-13-12-18(6-4-5-7-19(23)21(20)29-15-26-2)30-22(24)16-8-10-17(27-3)11-9-16/h8-11,18,20-21H,4-7,12-15H2,1-3H3. The topological polar surface area (TPSA) is 89.5 Å². The average molecular weight is 424 g/mol. The van der Waals surface area contributed by atoms with Crippen molar-refractivity contribution in [2.45, 2.75) is 56.8 Å². The van der Waals surface area contributed by atoms with Crippen LogP contribution in [0, 0.1) is 0 Å². The number of methoxy groups -OCH3 is 3. The van der Waals surface area contributed by atoms with Gasteiger partial charge in [-0.05, 0) is 56.4 Å². The number of esters is 1. The number of benzene rings is 1. The van der Waals surface area contributed by atoms with Gasteiger partial charge in [0.1, 0.15) is 31.5 Å². The van der Waals surface area contributed by atoms with Crippen LogP contribution in [0.15, 0.2) is 24.3 Å². The lowest BCUT2D eigenvalue weighted by molar-refractivity contribution is -0.173. The fourth-order valence-electron chi connectivity index (χ4n) is 3.40. The van der Waals surface area contributed by atoms with E-state index in [9.17, 15) is 9.59 Å². The van der Waals surface area contributed by atoms with Gasteiger partial charge in [-0.15, -0.1) is 0 Å². The Labute approximate surface area is 177 Å². The highest BCUT2D eigenvalue weighted by atomic mass is 16.7. The molecule has 1 aliphatic carbocycles. The number of hydrogen-bond donors (Lipinski definition) is 0. The van der Waals surface area contributed by atoms with Gasteiger partial charge in [0.15, 0.2) is 5.78 Å². The molecule has 0 aromatic heterocycles. The molecule has 0 amide bonds. The summed E-state index contributed by atoms with van der Waals surface area (Å²) < 4.78 is 32.2. The molecule has 168 valence electrons. The Kier molecular flexibility index (Phi) is 10.8. The lowest BCUT2D eigenvalue weighted by Crippen LogP contribution is -2.40. The summed E-state index contributed by atoms with van der Waals surface area (Å²) in [6.45, 7) is 0.0419. The van der Waals surface area contributed by atoms with E-state index in [1.165, 1.54) is 14.2 Å². The van der Waals surface area contributed by atoms with Crippen molar-refractivity contribution in [3.63, 3.8) is 0 Å². The van der Waals surface area contributed by atoms with E-state index >= 15 is 0 Å². The van der Waals surface area contributed by atoms with Crippen LogP contribution in [0.4, 0.5) is 0 Å². The minimum Gasteiger partial charge on any atom is -0.497 e. The Morgan fingerprint density at radius 3 is 2.30 bits per heavy atom. The first-order chi connectivity index (χ1) is 14.6. The molecule has 2 rings (SSSR count). The highest BCUT2D eigenvalue weighted by Crippen LogP contribution is 2.23. The molecule has 3 unspecified atom stereocenters. The van der Waals surface area contributed by atoms with E-state index in [1.54, 1.807) is 31.4 Å². The normalized spacial score (nSPS) is 23.0. The van der Waals surface area contributed by atoms with E-state index in [0.717, 1.165) is 6.42 Å². The van der Waals surface area contributed by atoms with Crippen molar-refractivity contribution < 1.29 is 38.0 Å². The minimum absolute atomic E-state index is 0.000860. The first-order valence-corrected chi connectivity index (χ1v) is 10.2. The molecular formula is C22H32O8. The average Bonchev–Trinajstić information content (AvgIpc) is 2.77. The second kappa shape index (κ2) is 13.3. The summed E-state index contributed by atoms with van der Waals surface area (Å²) in [6, 6.07) is 6.81. The van der Waals surface area contributed by atoms with Gasteiger partial charge >= 0.3 is 5.97 Å². The molecule has 1 saturated carbocycles. The number of carbonyl (C=O) groups is 2. The Balaban J connectivity index is 2.05. The predicted octanol–water partition coefficient (Wildman–Crippen LogP) is 3.12. The van der Waals surface area contributed by atoms with Crippen LogP contribution in [0.2, 0.25) is 0 Å². The first-order valence-electron chi connectivity index (χ1n) is 10.2. The van der Waals surface area contributed by atoms with Crippen LogP contribution in [-0.2, 0) is 28.5 Å². The lowest BCUT2D eigenvalue weighted by atomic mass is 9.94. The third-order valence-corrected chi connectivity index (χ3v) is 4.99. The summed E-state index contributed by atoms with van der Waals surface area (Å²) in [4.78, 5) is 25.2. The maximum Gasteiger partial charge on any atom is 0.338 e. The zero-order chi connectivity index (χ0) is 21.8. The van der Waals surface area contributed by atoms with Crippen molar-refractivity contribution in [3.05, 3.63) is 29.8 Å². The molecule has 0 N–H and O–H groups in total. The van der Waals surface area contributed by atoms with E-state index in [1.807, 2.05) is 0 Å². The van der Waals surface area contributed by atoms with Crippen LogP contribution in [0.5, 0.6) is 5.75 Å². The van der Waals surface area contributed by atoms with Gasteiger partial charge in [-0.3, -0.25) is 4.79 Å². The van der Waals surface area contributed by atoms with Gasteiger partial charge in [0.05, 0.1) is 18.8 Å². The maximum absolute atomic E-state index is 12.6. The van der Waals surface area contributed by atoms with Gasteiger partial charge in [0, 0.05) is 20.6 Å². The van der Waals surface area contributed by atoms with Crippen LogP contribution >= 0.6 is 0 Å². The van der Waals surface area contributed by atoms with E-state index < -0.39 is 12.2 Å². The Morgan fingerprint density at radius 2 is 1.63 bits per heavy atom. The molecule has 1 fully saturated rings. The number of hydrogen-bond acceptors (Lipinski definition) is 8. The molecular weight excluding hydrogens is 392 g/mol. The summed E-state index contributed by atoms with van der Waals surface area (Å²) in [5, 5.41) is 0. The smallest absolute Gasteiger partial charge is 0.338 e. The summed E-state index contributed by atoms with van der Waals surface area (Å²) in [5.41, 5.74) is 0.469. The second-order valence-corrected chi connectivity index (χ2v) is 7.15. The van der Waals surface area contributed by atoms with E-state index in [4.69, 9.17) is 28.4 Å². The minimum atomic E-state index is -0.740. The number of carbonyl (C=O) groups excluding carboxylic acids is 2. The Hall–Kier alpha value is -2.00. The highest BCUT2D eigenvalue weighted by Gasteiger charge is 2.32. The van der Waals surface area contributed by atoms with Crippen LogP contribution in [-0.4, -0.2) is 65.0 Å². The monoisotopic (exact) mass is 424 g/mol. The Morgan fingerprint density at radius 1 is 0.933 bits per heavy atom. The fraction of sp³-hybridized carbons (Fsp3) is 0.636. The SMILES string of the molecule is COCOC1CCC(OC(=O)c2ccc(OC)cc2)CCCCC(=O)C1OCOC. The second-order valence-electron chi connectivity index (χ2n) is 7.15. The van der Waals surface area contributed by atoms with Gasteiger partial charge in [-0.25, -0.2) is 4.79 Å². The van der Waals surface area contributed by atoms with Crippen LogP contribution in [0.1, 0.15) is 48.9 Å². The van der Waals surface area contributed by atoms with Gasteiger partial charge in [0.2, 0.25) is 0 Å². The largest absolute Gasteiger partial charge is 0.497 e. The third-order valence-electron chi connectivity index (χ3n) is 4.99.